The van der Waals surface area contributed by atoms with E-state index in [4.69, 9.17) is 9.47 Å². The van der Waals surface area contributed by atoms with Gasteiger partial charge in [-0.25, -0.2) is 4.79 Å². The van der Waals surface area contributed by atoms with Crippen molar-refractivity contribution in [1.29, 1.82) is 0 Å². The molecule has 108 valence electrons. The van der Waals surface area contributed by atoms with Crippen molar-refractivity contribution in [2.45, 2.75) is 52.7 Å². The van der Waals surface area contributed by atoms with Crippen molar-refractivity contribution in [3.8, 4) is 11.8 Å². The van der Waals surface area contributed by atoms with E-state index in [1.165, 1.54) is 0 Å². The van der Waals surface area contributed by atoms with Crippen LogP contribution in [0.15, 0.2) is 0 Å². The van der Waals surface area contributed by atoms with E-state index in [9.17, 15) is 9.59 Å². The molecule has 0 aliphatic carbocycles. The lowest BCUT2D eigenvalue weighted by atomic mass is 10.2. The van der Waals surface area contributed by atoms with E-state index in [-0.39, 0.29) is 19.1 Å². The summed E-state index contributed by atoms with van der Waals surface area (Å²) < 4.78 is 10.1. The minimum atomic E-state index is -0.577. The summed E-state index contributed by atoms with van der Waals surface area (Å²) in [4.78, 5) is 22.5. The number of esters is 2. The van der Waals surface area contributed by atoms with Gasteiger partial charge in [-0.2, -0.15) is 0 Å². The molecule has 0 aliphatic heterocycles. The van der Waals surface area contributed by atoms with E-state index in [0.717, 1.165) is 0 Å². The van der Waals surface area contributed by atoms with Crippen LogP contribution in [0.3, 0.4) is 0 Å². The molecule has 0 radical (unpaired) electrons. The van der Waals surface area contributed by atoms with Gasteiger partial charge >= 0.3 is 11.9 Å². The van der Waals surface area contributed by atoms with Gasteiger partial charge in [0.1, 0.15) is 11.2 Å². The summed E-state index contributed by atoms with van der Waals surface area (Å²) in [5.41, 5.74) is -1.04. The van der Waals surface area contributed by atoms with E-state index in [1.807, 2.05) is 0 Å². The largest absolute Gasteiger partial charge is 0.459 e. The molecule has 0 aromatic rings. The van der Waals surface area contributed by atoms with Crippen molar-refractivity contribution in [2.24, 2.45) is 0 Å². The van der Waals surface area contributed by atoms with Gasteiger partial charge in [0, 0.05) is 5.92 Å². The maximum absolute atomic E-state index is 11.3. The average Bonchev–Trinajstić information content (AvgIpc) is 2.10. The molecule has 1 N–H and O–H groups in total. The van der Waals surface area contributed by atoms with E-state index in [0.29, 0.717) is 0 Å². The van der Waals surface area contributed by atoms with Gasteiger partial charge in [-0.15, -0.1) is 0 Å². The van der Waals surface area contributed by atoms with Crippen molar-refractivity contribution < 1.29 is 19.1 Å². The smallest absolute Gasteiger partial charge is 0.384 e. The van der Waals surface area contributed by atoms with E-state index in [2.05, 4.69) is 17.2 Å². The molecule has 5 heteroatoms. The molecule has 0 saturated heterocycles. The van der Waals surface area contributed by atoms with Crippen LogP contribution >= 0.6 is 0 Å². The first-order chi connectivity index (χ1) is 8.49. The van der Waals surface area contributed by atoms with E-state index < -0.39 is 17.2 Å². The van der Waals surface area contributed by atoms with Gasteiger partial charge in [-0.1, -0.05) is 5.92 Å². The van der Waals surface area contributed by atoms with Crippen LogP contribution in [-0.2, 0) is 19.1 Å². The van der Waals surface area contributed by atoms with Gasteiger partial charge in [0.2, 0.25) is 0 Å². The van der Waals surface area contributed by atoms with Crippen molar-refractivity contribution in [1.82, 2.24) is 5.32 Å². The Morgan fingerprint density at radius 1 is 1.00 bits per heavy atom. The molecule has 0 unspecified atom stereocenters. The minimum Gasteiger partial charge on any atom is -0.459 e. The standard InChI is InChI=1S/C14H23NO4/c1-13(2,3)18-11(16)8-7-9-15-10-12(17)19-14(4,5)6/h15H,9-10H2,1-6H3. The number of hydrogen-bond donors (Lipinski definition) is 1. The first-order valence-corrected chi connectivity index (χ1v) is 6.14. The molecular formula is C14H23NO4. The molecule has 0 fully saturated rings. The maximum Gasteiger partial charge on any atom is 0.384 e. The summed E-state index contributed by atoms with van der Waals surface area (Å²) in [6, 6.07) is 0. The molecule has 0 rings (SSSR count). The van der Waals surface area contributed by atoms with Gasteiger partial charge in [0.25, 0.3) is 0 Å². The van der Waals surface area contributed by atoms with E-state index in [1.54, 1.807) is 41.5 Å². The van der Waals surface area contributed by atoms with Gasteiger partial charge in [-0.05, 0) is 41.5 Å². The summed E-state index contributed by atoms with van der Waals surface area (Å²) in [7, 11) is 0. The number of carbonyl (C=O) groups is 2. The molecule has 0 aromatic carbocycles. The summed E-state index contributed by atoms with van der Waals surface area (Å²) in [6.07, 6.45) is 0. The second-order valence-corrected chi connectivity index (χ2v) is 5.99. The fourth-order valence-corrected chi connectivity index (χ4v) is 1.02. The highest BCUT2D eigenvalue weighted by atomic mass is 16.6. The van der Waals surface area contributed by atoms with Crippen LogP contribution in [0.4, 0.5) is 0 Å². The zero-order chi connectivity index (χ0) is 15.1. The molecular weight excluding hydrogens is 246 g/mol. The Balaban J connectivity index is 3.88. The van der Waals surface area contributed by atoms with Crippen LogP contribution in [0.2, 0.25) is 0 Å². The molecule has 0 bridgehead atoms. The number of rotatable bonds is 3. The van der Waals surface area contributed by atoms with Gasteiger partial charge in [-0.3, -0.25) is 10.1 Å². The fourth-order valence-electron chi connectivity index (χ4n) is 1.02. The Morgan fingerprint density at radius 3 is 2.00 bits per heavy atom. The molecule has 0 heterocycles. The fraction of sp³-hybridized carbons (Fsp3) is 0.714. The lowest BCUT2D eigenvalue weighted by molar-refractivity contribution is -0.153. The topological polar surface area (TPSA) is 64.6 Å². The summed E-state index contributed by atoms with van der Waals surface area (Å²) in [5, 5.41) is 2.77. The van der Waals surface area contributed by atoms with Crippen molar-refractivity contribution >= 4 is 11.9 Å². The van der Waals surface area contributed by atoms with Gasteiger partial charge < -0.3 is 9.47 Å². The van der Waals surface area contributed by atoms with Gasteiger partial charge in [0.15, 0.2) is 0 Å². The number of ether oxygens (including phenoxy) is 2. The van der Waals surface area contributed by atoms with Crippen LogP contribution in [0.5, 0.6) is 0 Å². The SMILES string of the molecule is CC(C)(C)OC(=O)C#CCNCC(=O)OC(C)(C)C. The Morgan fingerprint density at radius 2 is 1.53 bits per heavy atom. The maximum atomic E-state index is 11.3. The molecule has 0 atom stereocenters. The molecule has 0 aliphatic rings. The molecule has 19 heavy (non-hydrogen) atoms. The Labute approximate surface area is 115 Å². The summed E-state index contributed by atoms with van der Waals surface area (Å²) in [6.45, 7) is 11.0. The summed E-state index contributed by atoms with van der Waals surface area (Å²) >= 11 is 0. The lowest BCUT2D eigenvalue weighted by Crippen LogP contribution is -2.31. The molecule has 5 nitrogen and oxygen atoms in total. The van der Waals surface area contributed by atoms with Crippen LogP contribution in [0.1, 0.15) is 41.5 Å². The zero-order valence-electron chi connectivity index (χ0n) is 12.5. The second kappa shape index (κ2) is 7.15. The van der Waals surface area contributed by atoms with Crippen molar-refractivity contribution in [3.05, 3.63) is 0 Å². The predicted octanol–water partition coefficient (Wildman–Crippen LogP) is 1.26. The molecule has 0 spiro atoms. The first kappa shape index (κ1) is 17.5. The monoisotopic (exact) mass is 269 g/mol. The minimum absolute atomic E-state index is 0.0558. The van der Waals surface area contributed by atoms with Crippen molar-refractivity contribution in [3.63, 3.8) is 0 Å². The quantitative estimate of drug-likeness (QED) is 0.362. The molecule has 0 aromatic heterocycles. The zero-order valence-corrected chi connectivity index (χ0v) is 12.5. The molecule has 0 amide bonds. The third kappa shape index (κ3) is 12.7. The van der Waals surface area contributed by atoms with Gasteiger partial charge in [0.05, 0.1) is 13.1 Å². The third-order valence-corrected chi connectivity index (χ3v) is 1.49. The second-order valence-electron chi connectivity index (χ2n) is 5.99. The Kier molecular flexibility index (Phi) is 6.57. The van der Waals surface area contributed by atoms with Crippen LogP contribution < -0.4 is 5.32 Å². The van der Waals surface area contributed by atoms with E-state index >= 15 is 0 Å². The highest BCUT2D eigenvalue weighted by Crippen LogP contribution is 2.06. The lowest BCUT2D eigenvalue weighted by Gasteiger charge is -2.19. The van der Waals surface area contributed by atoms with Crippen LogP contribution in [0, 0.1) is 11.8 Å². The van der Waals surface area contributed by atoms with Crippen LogP contribution in [0.25, 0.3) is 0 Å². The van der Waals surface area contributed by atoms with Crippen LogP contribution in [-0.4, -0.2) is 36.2 Å². The molecule has 0 saturated carbocycles. The number of hydrogen-bond acceptors (Lipinski definition) is 5. The normalized spacial score (nSPS) is 11.3. The Bertz CT molecular complexity index is 377. The Hall–Kier alpha value is -1.54. The average molecular weight is 269 g/mol. The highest BCUT2D eigenvalue weighted by molar-refractivity contribution is 5.88. The third-order valence-electron chi connectivity index (χ3n) is 1.49. The van der Waals surface area contributed by atoms with Crippen molar-refractivity contribution in [2.75, 3.05) is 13.1 Å². The summed E-state index contributed by atoms with van der Waals surface area (Å²) in [5.74, 6) is 3.99. The predicted molar refractivity (Wildman–Crippen MR) is 72.3 cm³/mol. The number of nitrogens with one attached hydrogen (secondary N) is 1. The highest BCUT2D eigenvalue weighted by Gasteiger charge is 2.15. The first-order valence-electron chi connectivity index (χ1n) is 6.14. The number of carbonyl (C=O) groups excluding carboxylic acids is 2.